The fraction of sp³-hybridized carbons (Fsp3) is 0.408. The van der Waals surface area contributed by atoms with Crippen LogP contribution in [0.1, 0.15) is 74.0 Å². The van der Waals surface area contributed by atoms with Crippen LogP contribution in [0.15, 0.2) is 79.0 Å². The molecular formula is C49H54N8O8. The van der Waals surface area contributed by atoms with Gasteiger partial charge in [-0.25, -0.2) is 19.6 Å². The van der Waals surface area contributed by atoms with Gasteiger partial charge < -0.3 is 49.6 Å². The molecule has 1 aliphatic carbocycles. The zero-order chi connectivity index (χ0) is 45.1. The van der Waals surface area contributed by atoms with Crippen molar-refractivity contribution in [2.75, 3.05) is 34.5 Å². The molecule has 2 saturated heterocycles. The lowest BCUT2D eigenvalue weighted by Gasteiger charge is -2.37. The van der Waals surface area contributed by atoms with Crippen LogP contribution in [0.2, 0.25) is 0 Å². The van der Waals surface area contributed by atoms with Crippen molar-refractivity contribution < 1.29 is 38.4 Å². The molecule has 8 atom stereocenters. The van der Waals surface area contributed by atoms with Crippen LogP contribution in [0, 0.1) is 17.8 Å². The molecule has 3 amide bonds. The van der Waals surface area contributed by atoms with Crippen molar-refractivity contribution in [3.05, 3.63) is 102 Å². The monoisotopic (exact) mass is 882 g/mol. The standard InChI is InChI=1S/C49H54N8O8/c1-25(2)41(54-48(60)63-4)47(59)57-37-18-30(37)19-39(57)45-51-35-14-12-28-17-34-32-13-11-29(16-31(32)24-65-40(34)20-33(28)43(35)53-45)36-21-50-44(52-36)38-15-26(23-62-3)22-56(38)46(58)42(55-49(61)64-5)27-9-7-6-8-10-27/h6-14,16-17,20-21,25-26,30,37-39,41-42,47,59H,15,18-19,22-24H2,1-5H3,(H,50,52)(H,51,53)(H,54,60)(H,55,61)/t26-,30-,37?,38-,39-,41-,42+,47?/m0/s1. The van der Waals surface area contributed by atoms with Gasteiger partial charge in [-0.15, -0.1) is 0 Å². The van der Waals surface area contributed by atoms with Crippen molar-refractivity contribution in [2.24, 2.45) is 17.8 Å². The molecule has 338 valence electrons. The van der Waals surface area contributed by atoms with Gasteiger partial charge in [0.25, 0.3) is 5.91 Å². The highest BCUT2D eigenvalue weighted by Gasteiger charge is 2.56. The molecule has 0 radical (unpaired) electrons. The van der Waals surface area contributed by atoms with Gasteiger partial charge in [-0.2, -0.15) is 0 Å². The zero-order valence-corrected chi connectivity index (χ0v) is 37.0. The van der Waals surface area contributed by atoms with Gasteiger partial charge in [0.2, 0.25) is 0 Å². The first-order valence-electron chi connectivity index (χ1n) is 22.3. The van der Waals surface area contributed by atoms with Crippen molar-refractivity contribution in [3.8, 4) is 28.1 Å². The van der Waals surface area contributed by atoms with E-state index in [9.17, 15) is 19.5 Å². The molecule has 3 aliphatic heterocycles. The number of aliphatic hydroxyl groups excluding tert-OH is 1. The minimum atomic E-state index is -0.944. The van der Waals surface area contributed by atoms with Crippen molar-refractivity contribution >= 4 is 39.9 Å². The summed E-state index contributed by atoms with van der Waals surface area (Å²) in [5.41, 5.74) is 7.25. The van der Waals surface area contributed by atoms with Gasteiger partial charge in [-0.05, 0) is 83.0 Å². The largest absolute Gasteiger partial charge is 0.488 e. The van der Waals surface area contributed by atoms with E-state index in [2.05, 4.69) is 68.0 Å². The Morgan fingerprint density at radius 1 is 0.892 bits per heavy atom. The predicted octanol–water partition coefficient (Wildman–Crippen LogP) is 7.13. The SMILES string of the molecule is COC[C@H]1C[C@@H](c2ncc(-c3ccc4c(c3)COc3cc5c(ccc6[nH]c([C@@H]7C[C@@H]8CC8N7C(O)[C@@H](NC(=O)OC)C(C)C)nc65)cc3-4)[nH]2)N(C(=O)[C@H](NC(=O)OC)c2ccccc2)C1. The second kappa shape index (κ2) is 17.1. The van der Waals surface area contributed by atoms with E-state index in [0.29, 0.717) is 43.5 Å². The molecule has 2 aromatic heterocycles. The first-order chi connectivity index (χ1) is 31.5. The van der Waals surface area contributed by atoms with Crippen LogP contribution in [0.5, 0.6) is 5.75 Å². The number of fused-ring (bicyclic) bond motifs is 7. The number of aromatic nitrogens is 4. The molecule has 4 aliphatic rings. The molecule has 1 saturated carbocycles. The first-order valence-corrected chi connectivity index (χ1v) is 22.3. The molecular weight excluding hydrogens is 829 g/mol. The number of hydrogen-bond acceptors (Lipinski definition) is 11. The summed E-state index contributed by atoms with van der Waals surface area (Å²) in [6.07, 6.45) is 2.17. The van der Waals surface area contributed by atoms with Crippen LogP contribution in [0.25, 0.3) is 44.2 Å². The molecule has 0 spiro atoms. The van der Waals surface area contributed by atoms with Crippen LogP contribution >= 0.6 is 0 Å². The number of carbonyl (C=O) groups is 3. The molecule has 0 bridgehead atoms. The highest BCUT2D eigenvalue weighted by Crippen LogP contribution is 2.54. The normalized spacial score (nSPS) is 22.4. The Bertz CT molecular complexity index is 2770. The molecule has 16 nitrogen and oxygen atoms in total. The Labute approximate surface area is 376 Å². The van der Waals surface area contributed by atoms with E-state index < -0.39 is 30.5 Å². The Morgan fingerprint density at radius 2 is 1.69 bits per heavy atom. The number of alkyl carbamates (subject to hydrolysis) is 2. The van der Waals surface area contributed by atoms with Gasteiger partial charge in [-0.1, -0.05) is 62.4 Å². The number of H-pyrrole nitrogens is 2. The maximum absolute atomic E-state index is 14.3. The number of methoxy groups -OCH3 is 3. The maximum atomic E-state index is 14.3. The highest BCUT2D eigenvalue weighted by atomic mass is 16.5. The Kier molecular flexibility index (Phi) is 11.2. The molecule has 65 heavy (non-hydrogen) atoms. The van der Waals surface area contributed by atoms with Crippen molar-refractivity contribution in [1.82, 2.24) is 40.4 Å². The summed E-state index contributed by atoms with van der Waals surface area (Å²) < 4.78 is 21.8. The Morgan fingerprint density at radius 3 is 2.46 bits per heavy atom. The lowest BCUT2D eigenvalue weighted by molar-refractivity contribution is -0.134. The number of nitrogens with zero attached hydrogens (tertiary/aromatic N) is 4. The van der Waals surface area contributed by atoms with E-state index in [1.165, 1.54) is 14.2 Å². The second-order valence-electron chi connectivity index (χ2n) is 18.1. The van der Waals surface area contributed by atoms with Crippen LogP contribution in [-0.4, -0.2) is 106 Å². The third-order valence-electron chi connectivity index (χ3n) is 13.8. The van der Waals surface area contributed by atoms with Crippen LogP contribution in [-0.2, 0) is 25.6 Å². The molecule has 5 heterocycles. The summed E-state index contributed by atoms with van der Waals surface area (Å²) in [5, 5.41) is 19.3. The number of rotatable bonds is 12. The van der Waals surface area contributed by atoms with Crippen molar-refractivity contribution in [1.29, 1.82) is 0 Å². The molecule has 16 heteroatoms. The maximum Gasteiger partial charge on any atom is 0.407 e. The summed E-state index contributed by atoms with van der Waals surface area (Å²) in [4.78, 5) is 60.0. The fourth-order valence-corrected chi connectivity index (χ4v) is 10.4. The summed E-state index contributed by atoms with van der Waals surface area (Å²) >= 11 is 0. The lowest BCUT2D eigenvalue weighted by atomic mass is 9.92. The van der Waals surface area contributed by atoms with E-state index in [1.54, 1.807) is 18.2 Å². The molecule has 6 aromatic rings. The van der Waals surface area contributed by atoms with E-state index in [4.69, 9.17) is 28.9 Å². The molecule has 4 aromatic carbocycles. The summed E-state index contributed by atoms with van der Waals surface area (Å²) in [7, 11) is 4.26. The van der Waals surface area contributed by atoms with Gasteiger partial charge in [0.15, 0.2) is 0 Å². The summed E-state index contributed by atoms with van der Waals surface area (Å²) in [6.45, 7) is 5.25. The summed E-state index contributed by atoms with van der Waals surface area (Å²) in [6, 6.07) is 22.2. The van der Waals surface area contributed by atoms with Gasteiger partial charge in [0.1, 0.15) is 36.3 Å². The average Bonchev–Trinajstić information content (AvgIpc) is 3.79. The van der Waals surface area contributed by atoms with E-state index in [-0.39, 0.29) is 35.9 Å². The number of amides is 3. The number of aliphatic hydroxyl groups is 1. The minimum absolute atomic E-state index is 0.0241. The number of benzene rings is 4. The second-order valence-corrected chi connectivity index (χ2v) is 18.1. The van der Waals surface area contributed by atoms with Crippen LogP contribution in [0.4, 0.5) is 9.59 Å². The van der Waals surface area contributed by atoms with Gasteiger partial charge in [-0.3, -0.25) is 9.69 Å². The van der Waals surface area contributed by atoms with Crippen LogP contribution in [0.3, 0.4) is 0 Å². The lowest BCUT2D eigenvalue weighted by Crippen LogP contribution is -2.55. The third kappa shape index (κ3) is 7.82. The zero-order valence-electron chi connectivity index (χ0n) is 37.0. The minimum Gasteiger partial charge on any atom is -0.488 e. The topological polar surface area (TPSA) is 196 Å². The third-order valence-corrected chi connectivity index (χ3v) is 13.8. The average molecular weight is 883 g/mol. The van der Waals surface area contributed by atoms with Gasteiger partial charge >= 0.3 is 12.2 Å². The number of ether oxygens (including phenoxy) is 4. The molecule has 5 N–H and O–H groups in total. The van der Waals surface area contributed by atoms with Gasteiger partial charge in [0, 0.05) is 36.6 Å². The number of piperidine rings is 1. The smallest absolute Gasteiger partial charge is 0.407 e. The Balaban J connectivity index is 0.907. The number of carbonyl (C=O) groups excluding carboxylic acids is 3. The van der Waals surface area contributed by atoms with E-state index in [0.717, 1.165) is 74.2 Å². The highest BCUT2D eigenvalue weighted by molar-refractivity contribution is 6.07. The molecule has 2 unspecified atom stereocenters. The van der Waals surface area contributed by atoms with Gasteiger partial charge in [0.05, 0.1) is 61.9 Å². The van der Waals surface area contributed by atoms with Crippen molar-refractivity contribution in [2.45, 2.75) is 76.2 Å². The number of imidazole rings is 2. The first kappa shape index (κ1) is 42.5. The number of aromatic amines is 2. The van der Waals surface area contributed by atoms with E-state index >= 15 is 0 Å². The summed E-state index contributed by atoms with van der Waals surface area (Å²) in [5.74, 6) is 2.49. The van der Waals surface area contributed by atoms with Crippen LogP contribution < -0.4 is 15.4 Å². The Hall–Kier alpha value is -6.49. The number of likely N-dealkylation sites (tertiary alicyclic amines) is 2. The molecule has 10 rings (SSSR count). The van der Waals surface area contributed by atoms with E-state index in [1.807, 2.05) is 44.2 Å². The fourth-order valence-electron chi connectivity index (χ4n) is 10.4. The predicted molar refractivity (Wildman–Crippen MR) is 241 cm³/mol. The number of nitrogens with one attached hydrogen (secondary N) is 4. The number of hydrogen-bond donors (Lipinski definition) is 5. The molecule has 3 fully saturated rings. The quantitative estimate of drug-likeness (QED) is 0.0839. The van der Waals surface area contributed by atoms with Crippen molar-refractivity contribution in [3.63, 3.8) is 0 Å².